The maximum Gasteiger partial charge on any atom is 0.260 e. The molecule has 0 bridgehead atoms. The van der Waals surface area contributed by atoms with Gasteiger partial charge in [-0.05, 0) is 18.6 Å². The Kier molecular flexibility index (Phi) is 3.96. The van der Waals surface area contributed by atoms with Gasteiger partial charge in [0, 0.05) is 36.6 Å². The third-order valence-corrected chi connectivity index (χ3v) is 4.41. The van der Waals surface area contributed by atoms with Gasteiger partial charge in [-0.2, -0.15) is 10.2 Å². The van der Waals surface area contributed by atoms with Gasteiger partial charge < -0.3 is 5.32 Å². The molecule has 0 spiro atoms. The third kappa shape index (κ3) is 2.95. The number of nitrogens with one attached hydrogen (secondary N) is 1. The van der Waals surface area contributed by atoms with Gasteiger partial charge in [0.1, 0.15) is 0 Å². The summed E-state index contributed by atoms with van der Waals surface area (Å²) in [6.45, 7) is 2.43. The molecule has 0 aliphatic rings. The minimum absolute atomic E-state index is 0.215. The van der Waals surface area contributed by atoms with Crippen LogP contribution in [-0.4, -0.2) is 30.5 Å². The normalized spacial score (nSPS) is 11.0. The van der Waals surface area contributed by atoms with Crippen molar-refractivity contribution in [1.29, 1.82) is 0 Å². The van der Waals surface area contributed by atoms with Crippen molar-refractivity contribution in [2.45, 2.75) is 13.5 Å². The Morgan fingerprint density at radius 1 is 1.19 bits per heavy atom. The predicted molar refractivity (Wildman–Crippen MR) is 99.0 cm³/mol. The third-order valence-electron chi connectivity index (χ3n) is 4.41. The van der Waals surface area contributed by atoms with E-state index in [1.165, 1.54) is 0 Å². The van der Waals surface area contributed by atoms with Gasteiger partial charge in [-0.1, -0.05) is 24.3 Å². The van der Waals surface area contributed by atoms with Crippen molar-refractivity contribution in [2.24, 2.45) is 7.05 Å². The molecule has 1 amide bonds. The Bertz CT molecular complexity index is 1090. The van der Waals surface area contributed by atoms with Crippen molar-refractivity contribution in [3.8, 4) is 0 Å². The van der Waals surface area contributed by atoms with Crippen molar-refractivity contribution in [3.63, 3.8) is 0 Å². The molecule has 1 N–H and O–H groups in total. The Morgan fingerprint density at radius 2 is 2.04 bits per heavy atom. The number of aryl methyl sites for hydroxylation is 1. The molecule has 0 saturated carbocycles. The molecule has 4 rings (SSSR count). The molecule has 3 heterocycles. The van der Waals surface area contributed by atoms with E-state index in [0.29, 0.717) is 17.9 Å². The average Bonchev–Trinajstić information content (AvgIpc) is 3.22. The van der Waals surface area contributed by atoms with E-state index in [1.54, 1.807) is 34.9 Å². The zero-order valence-corrected chi connectivity index (χ0v) is 14.5. The summed E-state index contributed by atoms with van der Waals surface area (Å²) in [5, 5.41) is 12.4. The number of rotatable bonds is 4. The first-order valence-electron chi connectivity index (χ1n) is 8.28. The van der Waals surface area contributed by atoms with Crippen LogP contribution in [0.3, 0.4) is 0 Å². The van der Waals surface area contributed by atoms with Crippen molar-refractivity contribution in [1.82, 2.24) is 24.5 Å². The molecule has 0 aliphatic carbocycles. The van der Waals surface area contributed by atoms with Crippen LogP contribution >= 0.6 is 0 Å². The fourth-order valence-electron chi connectivity index (χ4n) is 2.89. The van der Waals surface area contributed by atoms with E-state index in [1.807, 2.05) is 43.5 Å². The highest BCUT2D eigenvalue weighted by Gasteiger charge is 2.14. The van der Waals surface area contributed by atoms with E-state index in [0.717, 1.165) is 22.2 Å². The van der Waals surface area contributed by atoms with Gasteiger partial charge in [0.25, 0.3) is 5.91 Å². The molecule has 7 heteroatoms. The zero-order chi connectivity index (χ0) is 18.1. The highest BCUT2D eigenvalue weighted by Crippen LogP contribution is 2.17. The summed E-state index contributed by atoms with van der Waals surface area (Å²) < 4.78 is 3.45. The molecular weight excluding hydrogens is 328 g/mol. The molecule has 0 aliphatic heterocycles. The first-order valence-corrected chi connectivity index (χ1v) is 8.28. The van der Waals surface area contributed by atoms with E-state index < -0.39 is 0 Å². The number of carbonyl (C=O) groups excluding carboxylic acids is 1. The lowest BCUT2D eigenvalue weighted by Crippen LogP contribution is -2.14. The number of hydrogen-bond donors (Lipinski definition) is 1. The Balaban J connectivity index is 1.53. The van der Waals surface area contributed by atoms with Gasteiger partial charge in [0.2, 0.25) is 0 Å². The average molecular weight is 346 g/mol. The first kappa shape index (κ1) is 16.0. The highest BCUT2D eigenvalue weighted by atomic mass is 16.1. The molecule has 1 aromatic carbocycles. The lowest BCUT2D eigenvalue weighted by Gasteiger charge is -2.06. The fraction of sp³-hybridized carbons (Fsp3) is 0.158. The van der Waals surface area contributed by atoms with Crippen LogP contribution in [0.2, 0.25) is 0 Å². The number of pyridine rings is 1. The number of amides is 1. The SMILES string of the molecule is Cc1c(C(=O)Nc2ccn(Cc3cccc4cccnc34)n2)cnn1C. The fourth-order valence-corrected chi connectivity index (χ4v) is 2.89. The van der Waals surface area contributed by atoms with Crippen LogP contribution in [0.5, 0.6) is 0 Å². The molecule has 0 saturated heterocycles. The van der Waals surface area contributed by atoms with Crippen LogP contribution in [0.15, 0.2) is 55.0 Å². The van der Waals surface area contributed by atoms with Gasteiger partial charge in [-0.25, -0.2) is 0 Å². The summed E-state index contributed by atoms with van der Waals surface area (Å²) in [6.07, 6.45) is 5.19. The van der Waals surface area contributed by atoms with E-state index in [-0.39, 0.29) is 5.91 Å². The summed E-state index contributed by atoms with van der Waals surface area (Å²) >= 11 is 0. The van der Waals surface area contributed by atoms with Gasteiger partial charge in [-0.15, -0.1) is 0 Å². The number of fused-ring (bicyclic) bond motifs is 1. The van der Waals surface area contributed by atoms with Crippen molar-refractivity contribution in [2.75, 3.05) is 5.32 Å². The molecule has 0 radical (unpaired) electrons. The molecule has 130 valence electrons. The first-order chi connectivity index (χ1) is 12.6. The van der Waals surface area contributed by atoms with Gasteiger partial charge in [-0.3, -0.25) is 19.1 Å². The minimum Gasteiger partial charge on any atom is -0.305 e. The van der Waals surface area contributed by atoms with E-state index in [4.69, 9.17) is 0 Å². The van der Waals surface area contributed by atoms with Gasteiger partial charge >= 0.3 is 0 Å². The second-order valence-electron chi connectivity index (χ2n) is 6.11. The monoisotopic (exact) mass is 346 g/mol. The zero-order valence-electron chi connectivity index (χ0n) is 14.5. The maximum atomic E-state index is 12.4. The van der Waals surface area contributed by atoms with E-state index in [2.05, 4.69) is 20.5 Å². The number of para-hydroxylation sites is 1. The lowest BCUT2D eigenvalue weighted by atomic mass is 10.1. The molecule has 0 atom stereocenters. The summed E-state index contributed by atoms with van der Waals surface area (Å²) in [5.74, 6) is 0.291. The molecular formula is C19H18N6O. The molecule has 0 fully saturated rings. The smallest absolute Gasteiger partial charge is 0.260 e. The predicted octanol–water partition coefficient (Wildman–Crippen LogP) is 2.77. The Morgan fingerprint density at radius 3 is 2.85 bits per heavy atom. The van der Waals surface area contributed by atoms with Crippen LogP contribution in [-0.2, 0) is 13.6 Å². The van der Waals surface area contributed by atoms with Gasteiger partial charge in [0.05, 0.1) is 23.8 Å². The summed E-state index contributed by atoms with van der Waals surface area (Å²) in [4.78, 5) is 16.8. The second-order valence-corrected chi connectivity index (χ2v) is 6.11. The molecule has 3 aromatic heterocycles. The van der Waals surface area contributed by atoms with E-state index in [9.17, 15) is 4.79 Å². The topological polar surface area (TPSA) is 77.6 Å². The number of carbonyl (C=O) groups is 1. The van der Waals surface area contributed by atoms with Crippen LogP contribution < -0.4 is 5.32 Å². The second kappa shape index (κ2) is 6.44. The maximum absolute atomic E-state index is 12.4. The number of benzene rings is 1. The minimum atomic E-state index is -0.215. The summed E-state index contributed by atoms with van der Waals surface area (Å²) in [6, 6.07) is 11.8. The van der Waals surface area contributed by atoms with Crippen LogP contribution in [0, 0.1) is 6.92 Å². The van der Waals surface area contributed by atoms with Crippen LogP contribution in [0.4, 0.5) is 5.82 Å². The molecule has 26 heavy (non-hydrogen) atoms. The van der Waals surface area contributed by atoms with Gasteiger partial charge in [0.15, 0.2) is 5.82 Å². The summed E-state index contributed by atoms with van der Waals surface area (Å²) in [5.41, 5.74) is 3.39. The number of hydrogen-bond acceptors (Lipinski definition) is 4. The van der Waals surface area contributed by atoms with Crippen molar-refractivity contribution in [3.05, 3.63) is 71.8 Å². The molecule has 4 aromatic rings. The van der Waals surface area contributed by atoms with E-state index >= 15 is 0 Å². The Labute approximate surface area is 150 Å². The Hall–Kier alpha value is -3.48. The molecule has 0 unspecified atom stereocenters. The summed E-state index contributed by atoms with van der Waals surface area (Å²) in [7, 11) is 1.80. The number of aromatic nitrogens is 5. The number of anilines is 1. The van der Waals surface area contributed by atoms with Crippen LogP contribution in [0.1, 0.15) is 21.6 Å². The largest absolute Gasteiger partial charge is 0.305 e. The van der Waals surface area contributed by atoms with Crippen LogP contribution in [0.25, 0.3) is 10.9 Å². The quantitative estimate of drug-likeness (QED) is 0.616. The highest BCUT2D eigenvalue weighted by molar-refractivity contribution is 6.04. The molecule has 7 nitrogen and oxygen atoms in total. The lowest BCUT2D eigenvalue weighted by molar-refractivity contribution is 0.102. The van der Waals surface area contributed by atoms with Crippen molar-refractivity contribution >= 4 is 22.6 Å². The number of nitrogens with zero attached hydrogens (tertiary/aromatic N) is 5. The standard InChI is InChI=1S/C19H18N6O/c1-13-16(11-21-24(13)2)19(26)22-17-8-10-25(23-17)12-15-6-3-5-14-7-4-9-20-18(14)15/h3-11H,12H2,1-2H3,(H,22,23,26). The van der Waals surface area contributed by atoms with Crippen molar-refractivity contribution < 1.29 is 4.79 Å².